The van der Waals surface area contributed by atoms with Crippen molar-refractivity contribution >= 4 is 27.6 Å². The number of fused-ring (bicyclic) bond motifs is 1. The minimum Gasteiger partial charge on any atom is -0.479 e. The van der Waals surface area contributed by atoms with Gasteiger partial charge in [-0.1, -0.05) is 0 Å². The molecule has 5 rings (SSSR count). The van der Waals surface area contributed by atoms with E-state index >= 15 is 0 Å². The minimum atomic E-state index is -0.275. The summed E-state index contributed by atoms with van der Waals surface area (Å²) in [6.45, 7) is 5.20. The number of carbonyl (C=O) groups is 1. The van der Waals surface area contributed by atoms with Crippen LogP contribution in [0.5, 0.6) is 5.88 Å². The number of likely N-dealkylation sites (tertiary alicyclic amines) is 1. The number of carbonyl (C=O) groups excluding carboxylic acids is 1. The summed E-state index contributed by atoms with van der Waals surface area (Å²) in [5.74, 6) is 0.557. The molecule has 1 atom stereocenters. The van der Waals surface area contributed by atoms with Gasteiger partial charge in [-0.3, -0.25) is 0 Å². The molecule has 2 aromatic heterocycles. The van der Waals surface area contributed by atoms with E-state index in [-0.39, 0.29) is 12.1 Å². The Labute approximate surface area is 179 Å². The Balaban J connectivity index is 0.000000151. The molecular weight excluding hydrogens is 408 g/mol. The van der Waals surface area contributed by atoms with Crippen LogP contribution in [0.1, 0.15) is 30.9 Å². The van der Waals surface area contributed by atoms with E-state index in [9.17, 15) is 4.79 Å². The first kappa shape index (κ1) is 21.2. The van der Waals surface area contributed by atoms with Crippen LogP contribution in [0, 0.1) is 5.41 Å². The third-order valence-electron chi connectivity index (χ3n) is 6.01. The zero-order valence-electron chi connectivity index (χ0n) is 17.2. The van der Waals surface area contributed by atoms with Gasteiger partial charge in [-0.15, -0.1) is 11.3 Å². The Bertz CT molecular complexity index is 864. The topological polar surface area (TPSA) is 109 Å². The molecule has 3 aliphatic heterocycles. The van der Waals surface area contributed by atoms with E-state index in [0.29, 0.717) is 31.1 Å². The summed E-state index contributed by atoms with van der Waals surface area (Å²) in [7, 11) is 1.60. The number of pyridine rings is 1. The number of amides is 2. The van der Waals surface area contributed by atoms with E-state index in [1.165, 1.54) is 0 Å². The third-order valence-corrected chi connectivity index (χ3v) is 6.89. The largest absolute Gasteiger partial charge is 0.479 e. The highest BCUT2D eigenvalue weighted by Crippen LogP contribution is 2.39. The fraction of sp³-hybridized carbons (Fsp3) is 0.650. The van der Waals surface area contributed by atoms with Gasteiger partial charge < -0.3 is 29.6 Å². The number of ether oxygens (including phenoxy) is 4. The van der Waals surface area contributed by atoms with Crippen molar-refractivity contribution in [2.75, 3.05) is 53.2 Å². The lowest BCUT2D eigenvalue weighted by molar-refractivity contribution is -0.0896. The molecule has 3 aliphatic rings. The van der Waals surface area contributed by atoms with Crippen LogP contribution in [0.2, 0.25) is 0 Å². The molecule has 2 N–H and O–H groups in total. The van der Waals surface area contributed by atoms with Crippen molar-refractivity contribution in [1.29, 1.82) is 0 Å². The van der Waals surface area contributed by atoms with Gasteiger partial charge in [0.2, 0.25) is 5.88 Å². The Morgan fingerprint density at radius 3 is 2.73 bits per heavy atom. The smallest absolute Gasteiger partial charge is 0.314 e. The standard InChI is InChI=1S/C11H12N2O3S.C9H16N2O2/c1-14-11-9-10(17-6-13-9)7(4-12-11)8-5-15-2-3-16-8;10-8(12)11-4-1-9(7-11)2-5-13-6-3-9/h4,6,8H,2-3,5H2,1H3;1-7H2,(H2,10,12)/t8-;/m0./s1. The SMILES string of the molecule is COc1ncc([C@@H]2COCCO2)c2scnc12.NC(=O)N1CCC2(CCOCC2)C1. The number of thiazole rings is 1. The summed E-state index contributed by atoms with van der Waals surface area (Å²) in [6.07, 6.45) is 5.00. The second-order valence-corrected chi connectivity index (χ2v) is 8.66. The van der Waals surface area contributed by atoms with Crippen LogP contribution >= 0.6 is 11.3 Å². The Kier molecular flexibility index (Phi) is 6.67. The van der Waals surface area contributed by atoms with E-state index in [0.717, 1.165) is 61.3 Å². The van der Waals surface area contributed by atoms with Gasteiger partial charge in [-0.2, -0.15) is 0 Å². The van der Waals surface area contributed by atoms with E-state index in [4.69, 9.17) is 24.7 Å². The quantitative estimate of drug-likeness (QED) is 0.770. The Morgan fingerprint density at radius 2 is 2.07 bits per heavy atom. The average Bonchev–Trinajstić information content (AvgIpc) is 3.43. The van der Waals surface area contributed by atoms with Crippen LogP contribution < -0.4 is 10.5 Å². The normalized spacial score (nSPS) is 23.2. The van der Waals surface area contributed by atoms with Gasteiger partial charge in [-0.25, -0.2) is 14.8 Å². The van der Waals surface area contributed by atoms with Crippen molar-refractivity contribution in [1.82, 2.24) is 14.9 Å². The lowest BCUT2D eigenvalue weighted by Gasteiger charge is -2.32. The van der Waals surface area contributed by atoms with Crippen molar-refractivity contribution < 1.29 is 23.7 Å². The molecule has 3 saturated heterocycles. The Morgan fingerprint density at radius 1 is 1.23 bits per heavy atom. The number of rotatable bonds is 2. The molecule has 0 aliphatic carbocycles. The highest BCUT2D eigenvalue weighted by atomic mass is 32.1. The van der Waals surface area contributed by atoms with Crippen LogP contribution in [-0.2, 0) is 14.2 Å². The number of nitrogens with two attached hydrogens (primary N) is 1. The predicted molar refractivity (Wildman–Crippen MR) is 112 cm³/mol. The zero-order chi connectivity index (χ0) is 21.0. The number of aromatic nitrogens is 2. The van der Waals surface area contributed by atoms with Gasteiger partial charge in [-0.05, 0) is 24.7 Å². The van der Waals surface area contributed by atoms with Crippen LogP contribution in [0.4, 0.5) is 4.79 Å². The first-order valence-electron chi connectivity index (χ1n) is 10.2. The van der Waals surface area contributed by atoms with Crippen LogP contribution in [0.3, 0.4) is 0 Å². The van der Waals surface area contributed by atoms with E-state index in [1.807, 2.05) is 0 Å². The van der Waals surface area contributed by atoms with Crippen LogP contribution in [0.15, 0.2) is 11.7 Å². The molecule has 1 spiro atoms. The summed E-state index contributed by atoms with van der Waals surface area (Å²) in [5, 5.41) is 0. The van der Waals surface area contributed by atoms with E-state index in [2.05, 4.69) is 9.97 Å². The van der Waals surface area contributed by atoms with Crippen LogP contribution in [-0.4, -0.2) is 74.1 Å². The molecule has 0 bridgehead atoms. The summed E-state index contributed by atoms with van der Waals surface area (Å²) >= 11 is 1.57. The third kappa shape index (κ3) is 4.51. The molecule has 9 nitrogen and oxygen atoms in total. The molecule has 0 saturated carbocycles. The first-order valence-corrected chi connectivity index (χ1v) is 11.1. The lowest BCUT2D eigenvalue weighted by Crippen LogP contribution is -2.38. The fourth-order valence-electron chi connectivity index (χ4n) is 4.23. The highest BCUT2D eigenvalue weighted by molar-refractivity contribution is 7.17. The van der Waals surface area contributed by atoms with Gasteiger partial charge in [0.25, 0.3) is 0 Å². The van der Waals surface area contributed by atoms with E-state index in [1.54, 1.807) is 35.1 Å². The Hall–Kier alpha value is -2.01. The summed E-state index contributed by atoms with van der Waals surface area (Å²) in [5.41, 5.74) is 9.19. The van der Waals surface area contributed by atoms with Gasteiger partial charge in [0.1, 0.15) is 11.6 Å². The molecule has 0 unspecified atom stereocenters. The predicted octanol–water partition coefficient (Wildman–Crippen LogP) is 2.36. The number of primary amides is 1. The average molecular weight is 437 g/mol. The number of nitrogens with zero attached hydrogens (tertiary/aromatic N) is 3. The second-order valence-electron chi connectivity index (χ2n) is 7.81. The molecule has 2 amide bonds. The summed E-state index contributed by atoms with van der Waals surface area (Å²) in [6, 6.07) is -0.275. The number of hydrogen-bond acceptors (Lipinski definition) is 8. The monoisotopic (exact) mass is 436 g/mol. The first-order chi connectivity index (χ1) is 14.6. The molecule has 10 heteroatoms. The molecular formula is C20H28N4O5S. The molecule has 2 aromatic rings. The zero-order valence-corrected chi connectivity index (χ0v) is 18.0. The van der Waals surface area contributed by atoms with Crippen LogP contribution in [0.25, 0.3) is 10.2 Å². The van der Waals surface area contributed by atoms with Gasteiger partial charge in [0.05, 0.1) is 37.1 Å². The highest BCUT2D eigenvalue weighted by Gasteiger charge is 2.40. The molecule has 0 radical (unpaired) electrons. The molecule has 5 heterocycles. The van der Waals surface area contributed by atoms with Crippen molar-refractivity contribution in [3.05, 3.63) is 17.3 Å². The van der Waals surface area contributed by atoms with Gasteiger partial charge >= 0.3 is 6.03 Å². The van der Waals surface area contributed by atoms with Crippen molar-refractivity contribution in [3.63, 3.8) is 0 Å². The summed E-state index contributed by atoms with van der Waals surface area (Å²) < 4.78 is 22.7. The van der Waals surface area contributed by atoms with Crippen molar-refractivity contribution in [3.8, 4) is 5.88 Å². The summed E-state index contributed by atoms with van der Waals surface area (Å²) in [4.78, 5) is 21.2. The number of urea groups is 1. The second kappa shape index (κ2) is 9.42. The minimum absolute atomic E-state index is 0.0508. The van der Waals surface area contributed by atoms with Gasteiger partial charge in [0, 0.05) is 38.1 Å². The molecule has 3 fully saturated rings. The maximum Gasteiger partial charge on any atom is 0.314 e. The van der Waals surface area contributed by atoms with Crippen molar-refractivity contribution in [2.45, 2.75) is 25.4 Å². The van der Waals surface area contributed by atoms with Crippen molar-refractivity contribution in [2.24, 2.45) is 11.1 Å². The number of methoxy groups -OCH3 is 1. The molecule has 164 valence electrons. The lowest BCUT2D eigenvalue weighted by atomic mass is 9.80. The fourth-order valence-corrected chi connectivity index (χ4v) is 5.07. The molecule has 0 aromatic carbocycles. The maximum absolute atomic E-state index is 10.9. The molecule has 30 heavy (non-hydrogen) atoms. The van der Waals surface area contributed by atoms with E-state index < -0.39 is 0 Å². The number of hydrogen-bond donors (Lipinski definition) is 1. The van der Waals surface area contributed by atoms with Gasteiger partial charge in [0.15, 0.2) is 0 Å². The maximum atomic E-state index is 10.9.